The average molecular weight is 224 g/mol. The molecular formula is C11H16N2OS. The zero-order valence-electron chi connectivity index (χ0n) is 8.60. The lowest BCUT2D eigenvalue weighted by Crippen LogP contribution is -2.23. The number of aromatic nitrogens is 1. The topological polar surface area (TPSA) is 59.1 Å². The summed E-state index contributed by atoms with van der Waals surface area (Å²) in [7, 11) is 0. The Morgan fingerprint density at radius 1 is 1.67 bits per heavy atom. The van der Waals surface area contributed by atoms with Crippen molar-refractivity contribution in [3.8, 4) is 0 Å². The number of hydrogen-bond donors (Lipinski definition) is 2. The van der Waals surface area contributed by atoms with Gasteiger partial charge in [-0.05, 0) is 35.5 Å². The van der Waals surface area contributed by atoms with Gasteiger partial charge in [-0.25, -0.2) is 0 Å². The summed E-state index contributed by atoms with van der Waals surface area (Å²) in [6, 6.07) is 1.78. The van der Waals surface area contributed by atoms with Gasteiger partial charge in [0.05, 0.1) is 6.10 Å². The first-order chi connectivity index (χ1) is 7.27. The molecule has 0 amide bonds. The highest BCUT2D eigenvalue weighted by Gasteiger charge is 2.24. The van der Waals surface area contributed by atoms with Crippen molar-refractivity contribution in [2.75, 3.05) is 17.2 Å². The molecule has 1 aliphatic heterocycles. The second kappa shape index (κ2) is 4.86. The smallest absolute Gasteiger partial charge is 0.0618 e. The second-order valence-corrected chi connectivity index (χ2v) is 5.12. The molecule has 0 aliphatic carbocycles. The zero-order chi connectivity index (χ0) is 10.7. The number of hydrogen-bond acceptors (Lipinski definition) is 4. The van der Waals surface area contributed by atoms with Crippen LogP contribution in [0, 0.1) is 5.92 Å². The van der Waals surface area contributed by atoms with Crippen LogP contribution in [0.15, 0.2) is 18.5 Å². The monoisotopic (exact) mass is 224 g/mol. The molecule has 0 saturated carbocycles. The van der Waals surface area contributed by atoms with Crippen LogP contribution in [-0.4, -0.2) is 27.7 Å². The molecule has 15 heavy (non-hydrogen) atoms. The van der Waals surface area contributed by atoms with Gasteiger partial charge >= 0.3 is 0 Å². The second-order valence-electron chi connectivity index (χ2n) is 3.97. The van der Waals surface area contributed by atoms with Crippen LogP contribution in [0.2, 0.25) is 0 Å². The van der Waals surface area contributed by atoms with Crippen LogP contribution in [0.5, 0.6) is 0 Å². The van der Waals surface area contributed by atoms with Crippen molar-refractivity contribution in [2.45, 2.75) is 18.9 Å². The maximum Gasteiger partial charge on any atom is 0.0618 e. The first-order valence-electron chi connectivity index (χ1n) is 5.21. The third-order valence-electron chi connectivity index (χ3n) is 2.88. The highest BCUT2D eigenvalue weighted by Crippen LogP contribution is 2.28. The Bertz CT molecular complexity index is 326. The number of thioether (sulfide) groups is 1. The van der Waals surface area contributed by atoms with Crippen molar-refractivity contribution in [3.05, 3.63) is 24.0 Å². The highest BCUT2D eigenvalue weighted by molar-refractivity contribution is 7.99. The quantitative estimate of drug-likeness (QED) is 0.813. The molecule has 4 heteroatoms. The molecule has 0 bridgehead atoms. The summed E-state index contributed by atoms with van der Waals surface area (Å²) in [5.41, 5.74) is 7.50. The van der Waals surface area contributed by atoms with Gasteiger partial charge in [-0.1, -0.05) is 0 Å². The largest absolute Gasteiger partial charge is 0.398 e. The molecule has 1 saturated heterocycles. The van der Waals surface area contributed by atoms with Gasteiger partial charge in [0.15, 0.2) is 0 Å². The number of aliphatic hydroxyl groups excluding tert-OH is 1. The maximum absolute atomic E-state index is 10.0. The van der Waals surface area contributed by atoms with Crippen molar-refractivity contribution in [1.82, 2.24) is 4.98 Å². The van der Waals surface area contributed by atoms with Crippen LogP contribution in [0.4, 0.5) is 5.69 Å². The van der Waals surface area contributed by atoms with E-state index in [4.69, 9.17) is 5.73 Å². The molecule has 0 aromatic carbocycles. The van der Waals surface area contributed by atoms with Gasteiger partial charge in [0, 0.05) is 24.5 Å². The number of anilines is 1. The van der Waals surface area contributed by atoms with Crippen LogP contribution in [0.3, 0.4) is 0 Å². The number of nitrogen functional groups attached to an aromatic ring is 1. The lowest BCUT2D eigenvalue weighted by Gasteiger charge is -2.17. The Morgan fingerprint density at radius 3 is 3.20 bits per heavy atom. The van der Waals surface area contributed by atoms with Gasteiger partial charge < -0.3 is 10.8 Å². The Balaban J connectivity index is 1.99. The number of rotatable bonds is 3. The molecule has 2 heterocycles. The summed E-state index contributed by atoms with van der Waals surface area (Å²) < 4.78 is 0. The van der Waals surface area contributed by atoms with Gasteiger partial charge in [-0.3, -0.25) is 4.98 Å². The minimum absolute atomic E-state index is 0.272. The highest BCUT2D eigenvalue weighted by atomic mass is 32.2. The minimum atomic E-state index is -0.272. The molecule has 1 aromatic rings. The Labute approximate surface area is 94.1 Å². The van der Waals surface area contributed by atoms with Crippen molar-refractivity contribution >= 4 is 17.4 Å². The summed E-state index contributed by atoms with van der Waals surface area (Å²) in [5, 5.41) is 10.0. The SMILES string of the molecule is Nc1ccncc1CC(O)C1CCSC1. The normalized spacial score (nSPS) is 22.9. The first kappa shape index (κ1) is 10.8. The van der Waals surface area contributed by atoms with E-state index in [9.17, 15) is 5.11 Å². The predicted molar refractivity (Wildman–Crippen MR) is 63.8 cm³/mol. The van der Waals surface area contributed by atoms with Crippen LogP contribution in [-0.2, 0) is 6.42 Å². The fourth-order valence-electron chi connectivity index (χ4n) is 1.86. The van der Waals surface area contributed by atoms with Gasteiger partial charge in [-0.15, -0.1) is 0 Å². The molecule has 2 rings (SSSR count). The van der Waals surface area contributed by atoms with E-state index in [0.717, 1.165) is 23.4 Å². The van der Waals surface area contributed by atoms with Gasteiger partial charge in [-0.2, -0.15) is 11.8 Å². The van der Waals surface area contributed by atoms with Crippen LogP contribution >= 0.6 is 11.8 Å². The van der Waals surface area contributed by atoms with E-state index in [2.05, 4.69) is 4.98 Å². The van der Waals surface area contributed by atoms with Crippen LogP contribution < -0.4 is 5.73 Å². The van der Waals surface area contributed by atoms with Crippen molar-refractivity contribution in [2.24, 2.45) is 5.92 Å². The van der Waals surface area contributed by atoms with Gasteiger partial charge in [0.1, 0.15) is 0 Å². The number of nitrogens with zero attached hydrogens (tertiary/aromatic N) is 1. The summed E-state index contributed by atoms with van der Waals surface area (Å²) in [6.07, 6.45) is 4.90. The molecular weight excluding hydrogens is 208 g/mol. The maximum atomic E-state index is 10.0. The lowest BCUT2D eigenvalue weighted by molar-refractivity contribution is 0.120. The molecule has 2 atom stereocenters. The fraction of sp³-hybridized carbons (Fsp3) is 0.545. The molecule has 0 spiro atoms. The van der Waals surface area contributed by atoms with E-state index in [1.54, 1.807) is 18.5 Å². The fourth-order valence-corrected chi connectivity index (χ4v) is 3.18. The third-order valence-corrected chi connectivity index (χ3v) is 4.07. The summed E-state index contributed by atoms with van der Waals surface area (Å²) >= 11 is 1.92. The zero-order valence-corrected chi connectivity index (χ0v) is 9.41. The number of nitrogens with two attached hydrogens (primary N) is 1. The average Bonchev–Trinajstić information content (AvgIpc) is 2.74. The standard InChI is InChI=1S/C11H16N2OS/c12-10-1-3-13-6-9(10)5-11(14)8-2-4-15-7-8/h1,3,6,8,11,14H,2,4-5,7H2,(H2,12,13). The van der Waals surface area contributed by atoms with Crippen molar-refractivity contribution < 1.29 is 5.11 Å². The summed E-state index contributed by atoms with van der Waals surface area (Å²) in [5.74, 6) is 2.67. The van der Waals surface area contributed by atoms with Crippen molar-refractivity contribution in [3.63, 3.8) is 0 Å². The molecule has 1 fully saturated rings. The molecule has 1 aromatic heterocycles. The third kappa shape index (κ3) is 2.63. The van der Waals surface area contributed by atoms with Gasteiger partial charge in [0.2, 0.25) is 0 Å². The Hall–Kier alpha value is -0.740. The van der Waals surface area contributed by atoms with E-state index < -0.39 is 0 Å². The summed E-state index contributed by atoms with van der Waals surface area (Å²) in [4.78, 5) is 4.03. The van der Waals surface area contributed by atoms with Crippen LogP contribution in [0.1, 0.15) is 12.0 Å². The van der Waals surface area contributed by atoms with E-state index in [-0.39, 0.29) is 6.10 Å². The predicted octanol–water partition coefficient (Wildman–Crippen LogP) is 1.32. The Kier molecular flexibility index (Phi) is 3.49. The first-order valence-corrected chi connectivity index (χ1v) is 6.37. The number of pyridine rings is 1. The molecule has 82 valence electrons. The molecule has 3 nitrogen and oxygen atoms in total. The minimum Gasteiger partial charge on any atom is -0.398 e. The Morgan fingerprint density at radius 2 is 2.53 bits per heavy atom. The molecule has 1 aliphatic rings. The van der Waals surface area contributed by atoms with Gasteiger partial charge in [0.25, 0.3) is 0 Å². The van der Waals surface area contributed by atoms with E-state index in [1.807, 2.05) is 11.8 Å². The summed E-state index contributed by atoms with van der Waals surface area (Å²) in [6.45, 7) is 0. The lowest BCUT2D eigenvalue weighted by atomic mass is 9.96. The molecule has 3 N–H and O–H groups in total. The van der Waals surface area contributed by atoms with Crippen molar-refractivity contribution in [1.29, 1.82) is 0 Å². The van der Waals surface area contributed by atoms with E-state index in [0.29, 0.717) is 12.3 Å². The van der Waals surface area contributed by atoms with Crippen LogP contribution in [0.25, 0.3) is 0 Å². The molecule has 0 radical (unpaired) electrons. The number of aliphatic hydroxyl groups is 1. The molecule has 2 unspecified atom stereocenters. The van der Waals surface area contributed by atoms with E-state index in [1.165, 1.54) is 5.75 Å². The van der Waals surface area contributed by atoms with E-state index >= 15 is 0 Å².